The van der Waals surface area contributed by atoms with E-state index >= 15 is 0 Å². The maximum atomic E-state index is 13.5. The Bertz CT molecular complexity index is 361. The molecular weight excluding hydrogens is 193 g/mol. The molecule has 0 aliphatic rings. The Labute approximate surface area is 89.5 Å². The maximum absolute atomic E-state index is 13.5. The fraction of sp³-hybridized carbons (Fsp3) is 0.417. The summed E-state index contributed by atoms with van der Waals surface area (Å²) in [5, 5.41) is 2.62. The number of anilines is 1. The lowest BCUT2D eigenvalue weighted by molar-refractivity contribution is -0.115. The van der Waals surface area contributed by atoms with Crippen molar-refractivity contribution in [1.29, 1.82) is 0 Å². The number of nitrogens with one attached hydrogen (secondary N) is 1. The molecule has 0 atom stereocenters. The van der Waals surface area contributed by atoms with Crippen LogP contribution in [-0.4, -0.2) is 5.91 Å². The van der Waals surface area contributed by atoms with Crippen molar-refractivity contribution in [2.45, 2.75) is 33.1 Å². The highest BCUT2D eigenvalue weighted by Crippen LogP contribution is 2.21. The number of amides is 1. The number of hydrogen-bond acceptors (Lipinski definition) is 1. The molecular formula is C12H16FNO. The second-order valence-electron chi connectivity index (χ2n) is 3.79. The summed E-state index contributed by atoms with van der Waals surface area (Å²) in [6.07, 6.45) is 0.396. The number of halogens is 1. The molecule has 0 aromatic heterocycles. The largest absolute Gasteiger partial charge is 0.326 e. The van der Waals surface area contributed by atoms with E-state index in [1.165, 1.54) is 6.07 Å². The van der Waals surface area contributed by atoms with Crippen molar-refractivity contribution < 1.29 is 9.18 Å². The number of hydrogen-bond donors (Lipinski definition) is 1. The van der Waals surface area contributed by atoms with Crippen LogP contribution in [0.4, 0.5) is 10.1 Å². The molecule has 0 unspecified atom stereocenters. The monoisotopic (exact) mass is 209 g/mol. The molecule has 3 heteroatoms. The van der Waals surface area contributed by atoms with Gasteiger partial charge in [0.2, 0.25) is 5.91 Å². The fourth-order valence-corrected chi connectivity index (χ4v) is 1.32. The minimum atomic E-state index is -0.265. The van der Waals surface area contributed by atoms with Crippen LogP contribution in [0.5, 0.6) is 0 Å². The van der Waals surface area contributed by atoms with Crippen LogP contribution < -0.4 is 5.32 Å². The summed E-state index contributed by atoms with van der Waals surface area (Å²) < 4.78 is 13.5. The first-order valence-corrected chi connectivity index (χ1v) is 5.14. The van der Waals surface area contributed by atoms with E-state index in [-0.39, 0.29) is 17.6 Å². The van der Waals surface area contributed by atoms with Crippen molar-refractivity contribution in [3.63, 3.8) is 0 Å². The highest BCUT2D eigenvalue weighted by atomic mass is 19.1. The van der Waals surface area contributed by atoms with Crippen LogP contribution in [-0.2, 0) is 4.79 Å². The van der Waals surface area contributed by atoms with Crippen molar-refractivity contribution >= 4 is 11.6 Å². The lowest BCUT2D eigenvalue weighted by Gasteiger charge is -2.09. The van der Waals surface area contributed by atoms with Crippen LogP contribution in [0.1, 0.15) is 38.7 Å². The summed E-state index contributed by atoms with van der Waals surface area (Å²) in [6.45, 7) is 5.62. The summed E-state index contributed by atoms with van der Waals surface area (Å²) in [7, 11) is 0. The van der Waals surface area contributed by atoms with Crippen molar-refractivity contribution in [3.8, 4) is 0 Å². The Hall–Kier alpha value is -1.38. The maximum Gasteiger partial charge on any atom is 0.224 e. The Morgan fingerprint density at radius 2 is 2.13 bits per heavy atom. The van der Waals surface area contributed by atoms with E-state index in [9.17, 15) is 9.18 Å². The van der Waals surface area contributed by atoms with Gasteiger partial charge in [-0.3, -0.25) is 4.79 Å². The number of carbonyl (C=O) groups excluding carboxylic acids is 1. The smallest absolute Gasteiger partial charge is 0.224 e. The molecule has 0 saturated heterocycles. The van der Waals surface area contributed by atoms with Crippen LogP contribution in [0.3, 0.4) is 0 Å². The normalized spacial score (nSPS) is 10.5. The minimum Gasteiger partial charge on any atom is -0.326 e. The first kappa shape index (κ1) is 11.7. The SMILES string of the molecule is CCC(=O)Nc1ccc(C(C)C)c(F)c1. The van der Waals surface area contributed by atoms with Crippen molar-refractivity contribution in [2.75, 3.05) is 5.32 Å². The van der Waals surface area contributed by atoms with Crippen LogP contribution in [0.2, 0.25) is 0 Å². The summed E-state index contributed by atoms with van der Waals surface area (Å²) in [6, 6.07) is 4.81. The molecule has 0 spiro atoms. The first-order valence-electron chi connectivity index (χ1n) is 5.14. The van der Waals surface area contributed by atoms with Gasteiger partial charge in [0.1, 0.15) is 5.82 Å². The Morgan fingerprint density at radius 1 is 1.47 bits per heavy atom. The van der Waals surface area contributed by atoms with E-state index in [4.69, 9.17) is 0 Å². The van der Waals surface area contributed by atoms with Gasteiger partial charge in [0.15, 0.2) is 0 Å². The molecule has 1 rings (SSSR count). The van der Waals surface area contributed by atoms with E-state index in [2.05, 4.69) is 5.32 Å². The van der Waals surface area contributed by atoms with Crippen LogP contribution >= 0.6 is 0 Å². The molecule has 0 aliphatic carbocycles. The molecule has 0 fully saturated rings. The molecule has 0 saturated carbocycles. The van der Waals surface area contributed by atoms with Crippen molar-refractivity contribution in [1.82, 2.24) is 0 Å². The van der Waals surface area contributed by atoms with Gasteiger partial charge in [0.25, 0.3) is 0 Å². The van der Waals surface area contributed by atoms with Gasteiger partial charge < -0.3 is 5.32 Å². The Kier molecular flexibility index (Phi) is 3.83. The molecule has 15 heavy (non-hydrogen) atoms. The lowest BCUT2D eigenvalue weighted by Crippen LogP contribution is -2.09. The molecule has 0 bridgehead atoms. The van der Waals surface area contributed by atoms with Gasteiger partial charge in [0, 0.05) is 12.1 Å². The van der Waals surface area contributed by atoms with Gasteiger partial charge >= 0.3 is 0 Å². The second kappa shape index (κ2) is 4.91. The second-order valence-corrected chi connectivity index (χ2v) is 3.79. The highest BCUT2D eigenvalue weighted by Gasteiger charge is 2.07. The zero-order valence-electron chi connectivity index (χ0n) is 9.30. The van der Waals surface area contributed by atoms with Gasteiger partial charge in [0.05, 0.1) is 0 Å². The van der Waals surface area contributed by atoms with Gasteiger partial charge in [-0.1, -0.05) is 26.8 Å². The predicted octanol–water partition coefficient (Wildman–Crippen LogP) is 3.30. The van der Waals surface area contributed by atoms with E-state index in [0.29, 0.717) is 17.7 Å². The summed E-state index contributed by atoms with van der Waals surface area (Å²) in [5.41, 5.74) is 1.19. The molecule has 0 aliphatic heterocycles. The zero-order chi connectivity index (χ0) is 11.4. The highest BCUT2D eigenvalue weighted by molar-refractivity contribution is 5.90. The summed E-state index contributed by atoms with van der Waals surface area (Å²) in [5.74, 6) is -0.216. The topological polar surface area (TPSA) is 29.1 Å². The van der Waals surface area contributed by atoms with Crippen LogP contribution in [0.25, 0.3) is 0 Å². The van der Waals surface area contributed by atoms with E-state index < -0.39 is 0 Å². The van der Waals surface area contributed by atoms with Gasteiger partial charge in [-0.2, -0.15) is 0 Å². The zero-order valence-corrected chi connectivity index (χ0v) is 9.30. The molecule has 0 heterocycles. The first-order chi connectivity index (χ1) is 7.04. The molecule has 82 valence electrons. The third-order valence-corrected chi connectivity index (χ3v) is 2.23. The Morgan fingerprint density at radius 3 is 2.60 bits per heavy atom. The number of benzene rings is 1. The number of carbonyl (C=O) groups is 1. The molecule has 2 nitrogen and oxygen atoms in total. The third kappa shape index (κ3) is 3.05. The van der Waals surface area contributed by atoms with Gasteiger partial charge in [-0.25, -0.2) is 4.39 Å². The van der Waals surface area contributed by atoms with Crippen LogP contribution in [0.15, 0.2) is 18.2 Å². The number of rotatable bonds is 3. The van der Waals surface area contributed by atoms with Crippen LogP contribution in [0, 0.1) is 5.82 Å². The minimum absolute atomic E-state index is 0.105. The Balaban J connectivity index is 2.87. The predicted molar refractivity (Wildman–Crippen MR) is 59.4 cm³/mol. The molecule has 1 amide bonds. The summed E-state index contributed by atoms with van der Waals surface area (Å²) in [4.78, 5) is 11.1. The molecule has 0 radical (unpaired) electrons. The average Bonchev–Trinajstić information content (AvgIpc) is 2.17. The lowest BCUT2D eigenvalue weighted by atomic mass is 10.0. The van der Waals surface area contributed by atoms with Gasteiger partial charge in [-0.15, -0.1) is 0 Å². The average molecular weight is 209 g/mol. The standard InChI is InChI=1S/C12H16FNO/c1-4-12(15)14-9-5-6-10(8(2)3)11(13)7-9/h5-8H,4H2,1-3H3,(H,14,15). The molecule has 1 aromatic carbocycles. The van der Waals surface area contributed by atoms with E-state index in [0.717, 1.165) is 0 Å². The summed E-state index contributed by atoms with van der Waals surface area (Å²) >= 11 is 0. The van der Waals surface area contributed by atoms with Gasteiger partial charge in [-0.05, 0) is 23.6 Å². The fourth-order valence-electron chi connectivity index (χ4n) is 1.32. The van der Waals surface area contributed by atoms with Crippen molar-refractivity contribution in [2.24, 2.45) is 0 Å². The molecule has 1 aromatic rings. The molecule has 1 N–H and O–H groups in total. The van der Waals surface area contributed by atoms with E-state index in [1.807, 2.05) is 13.8 Å². The third-order valence-electron chi connectivity index (χ3n) is 2.23. The van der Waals surface area contributed by atoms with Crippen molar-refractivity contribution in [3.05, 3.63) is 29.6 Å². The quantitative estimate of drug-likeness (QED) is 0.813. The van der Waals surface area contributed by atoms with E-state index in [1.54, 1.807) is 19.1 Å².